The molecule has 0 spiro atoms. The molecule has 2 rings (SSSR count). The van der Waals surface area contributed by atoms with Crippen LogP contribution in [0.2, 0.25) is 0 Å². The predicted octanol–water partition coefficient (Wildman–Crippen LogP) is 1.84. The van der Waals surface area contributed by atoms with E-state index >= 15 is 0 Å². The number of piperazine rings is 1. The van der Waals surface area contributed by atoms with Gasteiger partial charge in [0.05, 0.1) is 6.61 Å². The van der Waals surface area contributed by atoms with Crippen molar-refractivity contribution >= 4 is 11.7 Å². The molecule has 25 heavy (non-hydrogen) atoms. The van der Waals surface area contributed by atoms with E-state index in [0.717, 1.165) is 13.1 Å². The normalized spacial score (nSPS) is 17.8. The molecule has 1 aliphatic heterocycles. The molecule has 1 saturated heterocycles. The average molecular weight is 348 g/mol. The second-order valence-electron chi connectivity index (χ2n) is 6.51. The predicted molar refractivity (Wildman–Crippen MR) is 96.0 cm³/mol. The maximum atomic E-state index is 12.6. The molecular weight excluding hydrogens is 320 g/mol. The van der Waals surface area contributed by atoms with Gasteiger partial charge in [-0.2, -0.15) is 0 Å². The number of Topliss-reactive ketones (excluding diaryl/α,β-unsaturated/α-hetero) is 1. The highest BCUT2D eigenvalue weighted by molar-refractivity contribution is 5.94. The lowest BCUT2D eigenvalue weighted by Crippen LogP contribution is -2.54. The van der Waals surface area contributed by atoms with Crippen molar-refractivity contribution in [3.8, 4) is 5.75 Å². The Labute approximate surface area is 149 Å². The molecule has 1 fully saturated rings. The molecule has 6 heteroatoms. The Hall–Kier alpha value is -1.92. The van der Waals surface area contributed by atoms with E-state index in [0.29, 0.717) is 37.1 Å². The van der Waals surface area contributed by atoms with Crippen molar-refractivity contribution < 1.29 is 19.1 Å². The van der Waals surface area contributed by atoms with Gasteiger partial charge < -0.3 is 14.4 Å². The van der Waals surface area contributed by atoms with Gasteiger partial charge >= 0.3 is 0 Å². The Kier molecular flexibility index (Phi) is 6.96. The van der Waals surface area contributed by atoms with Crippen molar-refractivity contribution in [3.05, 3.63) is 29.8 Å². The van der Waals surface area contributed by atoms with Gasteiger partial charge in [0.1, 0.15) is 5.75 Å². The van der Waals surface area contributed by atoms with Crippen molar-refractivity contribution in [2.24, 2.45) is 0 Å². The summed E-state index contributed by atoms with van der Waals surface area (Å²) >= 11 is 0. The number of rotatable bonds is 7. The number of methoxy groups -OCH3 is 1. The number of hydrogen-bond donors (Lipinski definition) is 0. The lowest BCUT2D eigenvalue weighted by molar-refractivity contribution is -0.140. The van der Waals surface area contributed by atoms with Gasteiger partial charge in [0.2, 0.25) is 0 Å². The molecule has 2 atom stereocenters. The summed E-state index contributed by atoms with van der Waals surface area (Å²) in [6.45, 7) is 9.14. The fourth-order valence-electron chi connectivity index (χ4n) is 3.03. The highest BCUT2D eigenvalue weighted by Crippen LogP contribution is 2.17. The fourth-order valence-corrected chi connectivity index (χ4v) is 3.03. The van der Waals surface area contributed by atoms with E-state index in [2.05, 4.69) is 11.8 Å². The van der Waals surface area contributed by atoms with Crippen LogP contribution in [0.15, 0.2) is 24.3 Å². The summed E-state index contributed by atoms with van der Waals surface area (Å²) in [7, 11) is 1.70. The first-order valence-electron chi connectivity index (χ1n) is 8.71. The summed E-state index contributed by atoms with van der Waals surface area (Å²) in [6, 6.07) is 7.29. The first kappa shape index (κ1) is 19.4. The van der Waals surface area contributed by atoms with Gasteiger partial charge in [-0.25, -0.2) is 0 Å². The molecule has 0 aliphatic carbocycles. The minimum atomic E-state index is -0.579. The molecule has 2 unspecified atom stereocenters. The van der Waals surface area contributed by atoms with Crippen LogP contribution in [0.5, 0.6) is 5.75 Å². The van der Waals surface area contributed by atoms with Crippen LogP contribution in [0.1, 0.15) is 31.1 Å². The van der Waals surface area contributed by atoms with Gasteiger partial charge in [-0.15, -0.1) is 0 Å². The third-order valence-electron chi connectivity index (χ3n) is 4.56. The molecule has 6 nitrogen and oxygen atoms in total. The molecule has 0 aromatic heterocycles. The highest BCUT2D eigenvalue weighted by atomic mass is 16.5. The lowest BCUT2D eigenvalue weighted by atomic mass is 10.1. The maximum absolute atomic E-state index is 12.6. The Morgan fingerprint density at radius 1 is 1.16 bits per heavy atom. The van der Waals surface area contributed by atoms with Gasteiger partial charge in [-0.3, -0.25) is 14.5 Å². The first-order chi connectivity index (χ1) is 11.9. The molecule has 1 aromatic carbocycles. The zero-order valence-electron chi connectivity index (χ0n) is 15.5. The number of nitrogens with zero attached hydrogens (tertiary/aromatic N) is 2. The SMILES string of the molecule is COCC(C)N1CCN(C(=O)C(C)Oc2cccc(C(C)=O)c2)CC1. The maximum Gasteiger partial charge on any atom is 0.263 e. The largest absolute Gasteiger partial charge is 0.481 e. The number of carbonyl (C=O) groups is 2. The van der Waals surface area contributed by atoms with Gasteiger partial charge in [-0.05, 0) is 32.9 Å². The second-order valence-corrected chi connectivity index (χ2v) is 6.51. The molecule has 1 aromatic rings. The minimum Gasteiger partial charge on any atom is -0.481 e. The standard InChI is InChI=1S/C19H28N2O4/c1-14(13-24-4)20-8-10-21(11-9-20)19(23)16(3)25-18-7-5-6-17(12-18)15(2)22/h5-7,12,14,16H,8-11,13H2,1-4H3. The summed E-state index contributed by atoms with van der Waals surface area (Å²) < 4.78 is 11.0. The molecule has 0 N–H and O–H groups in total. The third-order valence-corrected chi connectivity index (χ3v) is 4.56. The van der Waals surface area contributed by atoms with Crippen molar-refractivity contribution in [2.45, 2.75) is 32.9 Å². The smallest absolute Gasteiger partial charge is 0.263 e. The van der Waals surface area contributed by atoms with Gasteiger partial charge in [0.25, 0.3) is 5.91 Å². The van der Waals surface area contributed by atoms with E-state index in [1.807, 2.05) is 4.90 Å². The molecule has 1 amide bonds. The molecular formula is C19H28N2O4. The summed E-state index contributed by atoms with van der Waals surface area (Å²) in [5.74, 6) is 0.499. The number of carbonyl (C=O) groups excluding carboxylic acids is 2. The quantitative estimate of drug-likeness (QED) is 0.704. The van der Waals surface area contributed by atoms with Crippen molar-refractivity contribution in [2.75, 3.05) is 39.9 Å². The van der Waals surface area contributed by atoms with Crippen molar-refractivity contribution in [1.82, 2.24) is 9.80 Å². The highest BCUT2D eigenvalue weighted by Gasteiger charge is 2.27. The van der Waals surface area contributed by atoms with Gasteiger partial charge in [0, 0.05) is 44.9 Å². The molecule has 138 valence electrons. The number of benzene rings is 1. The Morgan fingerprint density at radius 3 is 2.44 bits per heavy atom. The van der Waals surface area contributed by atoms with E-state index in [9.17, 15) is 9.59 Å². The zero-order valence-corrected chi connectivity index (χ0v) is 15.5. The van der Waals surface area contributed by atoms with E-state index in [4.69, 9.17) is 9.47 Å². The van der Waals surface area contributed by atoms with E-state index in [1.165, 1.54) is 6.92 Å². The lowest BCUT2D eigenvalue weighted by Gasteiger charge is -2.38. The van der Waals surface area contributed by atoms with Crippen LogP contribution < -0.4 is 4.74 Å². The van der Waals surface area contributed by atoms with Crippen LogP contribution in [0, 0.1) is 0 Å². The average Bonchev–Trinajstić information content (AvgIpc) is 2.61. The van der Waals surface area contributed by atoms with Crippen molar-refractivity contribution in [1.29, 1.82) is 0 Å². The van der Waals surface area contributed by atoms with E-state index in [-0.39, 0.29) is 11.7 Å². The van der Waals surface area contributed by atoms with Crippen LogP contribution in [-0.4, -0.2) is 73.5 Å². The minimum absolute atomic E-state index is 0.0210. The van der Waals surface area contributed by atoms with Gasteiger partial charge in [0.15, 0.2) is 11.9 Å². The molecule has 0 saturated carbocycles. The Bertz CT molecular complexity index is 597. The van der Waals surface area contributed by atoms with Gasteiger partial charge in [-0.1, -0.05) is 12.1 Å². The number of amides is 1. The molecule has 0 radical (unpaired) electrons. The molecule has 1 aliphatic rings. The Balaban J connectivity index is 1.88. The monoisotopic (exact) mass is 348 g/mol. The molecule has 1 heterocycles. The van der Waals surface area contributed by atoms with Crippen LogP contribution in [-0.2, 0) is 9.53 Å². The number of ether oxygens (including phenoxy) is 2. The fraction of sp³-hybridized carbons (Fsp3) is 0.579. The van der Waals surface area contributed by atoms with Crippen LogP contribution >= 0.6 is 0 Å². The summed E-state index contributed by atoms with van der Waals surface area (Å²) in [4.78, 5) is 28.2. The summed E-state index contributed by atoms with van der Waals surface area (Å²) in [5.41, 5.74) is 0.581. The summed E-state index contributed by atoms with van der Waals surface area (Å²) in [5, 5.41) is 0. The summed E-state index contributed by atoms with van der Waals surface area (Å²) in [6.07, 6.45) is -0.579. The topological polar surface area (TPSA) is 59.1 Å². The van der Waals surface area contributed by atoms with Crippen molar-refractivity contribution in [3.63, 3.8) is 0 Å². The van der Waals surface area contributed by atoms with E-state index < -0.39 is 6.10 Å². The zero-order chi connectivity index (χ0) is 18.4. The van der Waals surface area contributed by atoms with Crippen LogP contribution in [0.4, 0.5) is 0 Å². The third kappa shape index (κ3) is 5.28. The second kappa shape index (κ2) is 8.97. The number of hydrogen-bond acceptors (Lipinski definition) is 5. The number of ketones is 1. The first-order valence-corrected chi connectivity index (χ1v) is 8.71. The van der Waals surface area contributed by atoms with Crippen LogP contribution in [0.3, 0.4) is 0 Å². The van der Waals surface area contributed by atoms with Crippen LogP contribution in [0.25, 0.3) is 0 Å². The Morgan fingerprint density at radius 2 is 1.84 bits per heavy atom. The van der Waals surface area contributed by atoms with E-state index in [1.54, 1.807) is 38.3 Å². The molecule has 0 bridgehead atoms.